The van der Waals surface area contributed by atoms with Crippen molar-refractivity contribution in [2.75, 3.05) is 12.4 Å². The lowest BCUT2D eigenvalue weighted by Crippen LogP contribution is -1.94. The van der Waals surface area contributed by atoms with Crippen molar-refractivity contribution in [3.63, 3.8) is 0 Å². The van der Waals surface area contributed by atoms with Crippen molar-refractivity contribution in [1.29, 1.82) is 0 Å². The molecule has 14 heavy (non-hydrogen) atoms. The maximum atomic E-state index is 4.31. The van der Waals surface area contributed by atoms with Crippen LogP contribution in [0.25, 0.3) is 11.3 Å². The average molecular weight is 187 g/mol. The molecule has 0 bridgehead atoms. The van der Waals surface area contributed by atoms with Crippen molar-refractivity contribution in [3.05, 3.63) is 36.4 Å². The van der Waals surface area contributed by atoms with Crippen LogP contribution in [0.1, 0.15) is 0 Å². The summed E-state index contributed by atoms with van der Waals surface area (Å²) < 4.78 is 1.88. The number of nitrogens with one attached hydrogen (secondary N) is 1. The molecule has 0 unspecified atom stereocenters. The van der Waals surface area contributed by atoms with Crippen LogP contribution in [0.5, 0.6) is 0 Å². The van der Waals surface area contributed by atoms with E-state index in [1.807, 2.05) is 43.0 Å². The van der Waals surface area contributed by atoms with E-state index >= 15 is 0 Å². The maximum absolute atomic E-state index is 4.31. The van der Waals surface area contributed by atoms with Crippen molar-refractivity contribution in [2.24, 2.45) is 7.05 Å². The summed E-state index contributed by atoms with van der Waals surface area (Å²) in [4.78, 5) is 0. The van der Waals surface area contributed by atoms with Gasteiger partial charge in [-0.1, -0.05) is 30.3 Å². The predicted molar refractivity (Wildman–Crippen MR) is 58.2 cm³/mol. The van der Waals surface area contributed by atoms with E-state index in [1.165, 1.54) is 5.56 Å². The Labute approximate surface area is 83.4 Å². The van der Waals surface area contributed by atoms with Crippen molar-refractivity contribution in [1.82, 2.24) is 9.78 Å². The molecule has 3 heteroatoms. The van der Waals surface area contributed by atoms with E-state index in [0.29, 0.717) is 0 Å². The molecule has 0 saturated heterocycles. The molecule has 0 atom stereocenters. The van der Waals surface area contributed by atoms with Gasteiger partial charge in [0.2, 0.25) is 0 Å². The molecule has 0 aliphatic heterocycles. The minimum Gasteiger partial charge on any atom is -0.372 e. The lowest BCUT2D eigenvalue weighted by atomic mass is 10.1. The fourth-order valence-corrected chi connectivity index (χ4v) is 1.47. The topological polar surface area (TPSA) is 29.9 Å². The zero-order chi connectivity index (χ0) is 9.97. The highest BCUT2D eigenvalue weighted by atomic mass is 15.3. The number of rotatable bonds is 2. The van der Waals surface area contributed by atoms with Crippen LogP contribution in [-0.2, 0) is 7.05 Å². The maximum Gasteiger partial charge on any atom is 0.148 e. The van der Waals surface area contributed by atoms with Crippen LogP contribution in [-0.4, -0.2) is 16.8 Å². The first-order valence-corrected chi connectivity index (χ1v) is 4.58. The van der Waals surface area contributed by atoms with E-state index < -0.39 is 0 Å². The number of hydrogen-bond acceptors (Lipinski definition) is 2. The third kappa shape index (κ3) is 1.48. The van der Waals surface area contributed by atoms with Gasteiger partial charge < -0.3 is 5.32 Å². The molecule has 1 N–H and O–H groups in total. The van der Waals surface area contributed by atoms with Crippen molar-refractivity contribution in [3.8, 4) is 11.3 Å². The van der Waals surface area contributed by atoms with Crippen LogP contribution in [0, 0.1) is 0 Å². The van der Waals surface area contributed by atoms with Gasteiger partial charge in [-0.3, -0.25) is 4.68 Å². The van der Waals surface area contributed by atoms with Gasteiger partial charge in [0, 0.05) is 20.2 Å². The molecule has 0 saturated carbocycles. The molecule has 0 spiro atoms. The van der Waals surface area contributed by atoms with Gasteiger partial charge in [0.15, 0.2) is 0 Å². The fraction of sp³-hybridized carbons (Fsp3) is 0.182. The number of nitrogens with zero attached hydrogens (tertiary/aromatic N) is 2. The van der Waals surface area contributed by atoms with E-state index in [-0.39, 0.29) is 0 Å². The van der Waals surface area contributed by atoms with Crippen LogP contribution in [0.2, 0.25) is 0 Å². The van der Waals surface area contributed by atoms with Gasteiger partial charge >= 0.3 is 0 Å². The molecular formula is C11H13N3. The summed E-state index contributed by atoms with van der Waals surface area (Å²) >= 11 is 0. The molecule has 1 aromatic carbocycles. The highest BCUT2D eigenvalue weighted by Gasteiger charge is 2.04. The fourth-order valence-electron chi connectivity index (χ4n) is 1.47. The largest absolute Gasteiger partial charge is 0.372 e. The summed E-state index contributed by atoms with van der Waals surface area (Å²) in [5, 5.41) is 7.34. The molecule has 0 fully saturated rings. The first-order valence-electron chi connectivity index (χ1n) is 4.58. The van der Waals surface area contributed by atoms with Gasteiger partial charge in [-0.25, -0.2) is 0 Å². The Hall–Kier alpha value is -1.77. The zero-order valence-corrected chi connectivity index (χ0v) is 8.36. The summed E-state index contributed by atoms with van der Waals surface area (Å²) in [6.45, 7) is 0. The second-order valence-electron chi connectivity index (χ2n) is 3.15. The van der Waals surface area contributed by atoms with Crippen LogP contribution < -0.4 is 5.32 Å². The number of anilines is 1. The number of benzene rings is 1. The smallest absolute Gasteiger partial charge is 0.148 e. The molecule has 0 aliphatic carbocycles. The molecule has 0 aliphatic rings. The summed E-state index contributed by atoms with van der Waals surface area (Å²) in [5.41, 5.74) is 2.30. The molecule has 3 nitrogen and oxygen atoms in total. The number of hydrogen-bond donors (Lipinski definition) is 1. The molecule has 0 radical (unpaired) electrons. The summed E-state index contributed by atoms with van der Waals surface area (Å²) in [6.07, 6.45) is 0. The molecule has 0 amide bonds. The Morgan fingerprint density at radius 3 is 2.50 bits per heavy atom. The van der Waals surface area contributed by atoms with E-state index in [0.717, 1.165) is 11.5 Å². The van der Waals surface area contributed by atoms with Crippen LogP contribution in [0.4, 0.5) is 5.82 Å². The molecule has 1 heterocycles. The van der Waals surface area contributed by atoms with Gasteiger partial charge in [-0.15, -0.1) is 0 Å². The molecule has 72 valence electrons. The highest BCUT2D eigenvalue weighted by Crippen LogP contribution is 2.20. The van der Waals surface area contributed by atoms with Crippen molar-refractivity contribution in [2.45, 2.75) is 0 Å². The first kappa shape index (κ1) is 8.81. The Kier molecular flexibility index (Phi) is 2.23. The average Bonchev–Trinajstić information content (AvgIpc) is 2.61. The van der Waals surface area contributed by atoms with E-state index in [1.54, 1.807) is 0 Å². The van der Waals surface area contributed by atoms with Gasteiger partial charge in [0.25, 0.3) is 0 Å². The monoisotopic (exact) mass is 187 g/mol. The van der Waals surface area contributed by atoms with E-state index in [4.69, 9.17) is 0 Å². The third-order valence-electron chi connectivity index (χ3n) is 2.21. The second kappa shape index (κ2) is 3.54. The summed E-state index contributed by atoms with van der Waals surface area (Å²) in [5.74, 6) is 0.895. The summed E-state index contributed by atoms with van der Waals surface area (Å²) in [7, 11) is 3.82. The lowest BCUT2D eigenvalue weighted by Gasteiger charge is -1.99. The standard InChI is InChI=1S/C11H13N3/c1-12-11-8-10(14(2)13-11)9-6-4-3-5-7-9/h3-8H,1-2H3,(H,12,13). The van der Waals surface area contributed by atoms with Crippen molar-refractivity contribution < 1.29 is 0 Å². The Balaban J connectivity index is 2.46. The van der Waals surface area contributed by atoms with Gasteiger partial charge in [0.1, 0.15) is 5.82 Å². The number of aromatic nitrogens is 2. The van der Waals surface area contributed by atoms with Gasteiger partial charge in [0.05, 0.1) is 5.69 Å². The van der Waals surface area contributed by atoms with Gasteiger partial charge in [-0.2, -0.15) is 5.10 Å². The Morgan fingerprint density at radius 1 is 1.21 bits per heavy atom. The molecule has 2 aromatic rings. The normalized spacial score (nSPS) is 10.1. The van der Waals surface area contributed by atoms with E-state index in [2.05, 4.69) is 22.5 Å². The zero-order valence-electron chi connectivity index (χ0n) is 8.36. The van der Waals surface area contributed by atoms with Crippen LogP contribution in [0.3, 0.4) is 0 Å². The minimum absolute atomic E-state index is 0.895. The van der Waals surface area contributed by atoms with Crippen LogP contribution in [0.15, 0.2) is 36.4 Å². The molecule has 2 rings (SSSR count). The van der Waals surface area contributed by atoms with Crippen LogP contribution >= 0.6 is 0 Å². The third-order valence-corrected chi connectivity index (χ3v) is 2.21. The van der Waals surface area contributed by atoms with Crippen molar-refractivity contribution >= 4 is 5.82 Å². The number of aryl methyl sites for hydroxylation is 1. The van der Waals surface area contributed by atoms with Gasteiger partial charge in [-0.05, 0) is 5.56 Å². The summed E-state index contributed by atoms with van der Waals surface area (Å²) in [6, 6.07) is 12.3. The highest BCUT2D eigenvalue weighted by molar-refractivity contribution is 5.63. The lowest BCUT2D eigenvalue weighted by molar-refractivity contribution is 0.778. The first-order chi connectivity index (χ1) is 6.81. The minimum atomic E-state index is 0.895. The SMILES string of the molecule is CNc1cc(-c2ccccc2)n(C)n1. The van der Waals surface area contributed by atoms with E-state index in [9.17, 15) is 0 Å². The predicted octanol–water partition coefficient (Wildman–Crippen LogP) is 2.13. The second-order valence-corrected chi connectivity index (χ2v) is 3.15. The molecular weight excluding hydrogens is 174 g/mol. The Bertz CT molecular complexity index is 417. The Morgan fingerprint density at radius 2 is 1.93 bits per heavy atom. The molecule has 1 aromatic heterocycles. The quantitative estimate of drug-likeness (QED) is 0.780.